The summed E-state index contributed by atoms with van der Waals surface area (Å²) in [5, 5.41) is 9.14. The van der Waals surface area contributed by atoms with Crippen molar-refractivity contribution in [3.63, 3.8) is 0 Å². The quantitative estimate of drug-likeness (QED) is 0.168. The zero-order valence-electron chi connectivity index (χ0n) is 29.6. The minimum Gasteiger partial charge on any atom is -0.456 e. The van der Waals surface area contributed by atoms with Gasteiger partial charge in [0.05, 0.1) is 0 Å². The van der Waals surface area contributed by atoms with Crippen LogP contribution in [-0.4, -0.2) is 15.0 Å². The van der Waals surface area contributed by atoms with E-state index in [-0.39, 0.29) is 0 Å². The van der Waals surface area contributed by atoms with Crippen LogP contribution in [0.2, 0.25) is 0 Å². The van der Waals surface area contributed by atoms with Gasteiger partial charge in [-0.15, -0.1) is 0 Å². The summed E-state index contributed by atoms with van der Waals surface area (Å²) in [7, 11) is 0. The van der Waals surface area contributed by atoms with E-state index in [1.54, 1.807) is 0 Å². The molecule has 0 aliphatic rings. The van der Waals surface area contributed by atoms with E-state index in [4.69, 9.17) is 19.4 Å². The van der Waals surface area contributed by atoms with E-state index in [9.17, 15) is 0 Å². The Kier molecular flexibility index (Phi) is 7.14. The normalized spacial score (nSPS) is 11.6. The average Bonchev–Trinajstić information content (AvgIpc) is 3.65. The van der Waals surface area contributed by atoms with Crippen molar-refractivity contribution in [2.75, 3.05) is 0 Å². The topological polar surface area (TPSA) is 51.8 Å². The van der Waals surface area contributed by atoms with Gasteiger partial charge in [0.2, 0.25) is 0 Å². The summed E-state index contributed by atoms with van der Waals surface area (Å²) in [5.74, 6) is 1.84. The molecule has 9 aromatic carbocycles. The molecule has 0 unspecified atom stereocenters. The molecule has 55 heavy (non-hydrogen) atoms. The first kappa shape index (κ1) is 31.1. The predicted molar refractivity (Wildman–Crippen MR) is 227 cm³/mol. The Morgan fingerprint density at radius 1 is 0.291 bits per heavy atom. The van der Waals surface area contributed by atoms with Crippen LogP contribution in [0.5, 0.6) is 0 Å². The van der Waals surface area contributed by atoms with Crippen LogP contribution in [0.3, 0.4) is 0 Å². The molecule has 0 spiro atoms. The summed E-state index contributed by atoms with van der Waals surface area (Å²) in [6, 6.07) is 65.7. The van der Waals surface area contributed by atoms with Gasteiger partial charge < -0.3 is 4.42 Å². The van der Waals surface area contributed by atoms with Gasteiger partial charge in [-0.1, -0.05) is 164 Å². The highest BCUT2D eigenvalue weighted by atomic mass is 16.3. The first-order valence-corrected chi connectivity index (χ1v) is 18.5. The molecule has 0 saturated carbocycles. The molecule has 4 nitrogen and oxygen atoms in total. The Morgan fingerprint density at radius 3 is 1.73 bits per heavy atom. The maximum Gasteiger partial charge on any atom is 0.164 e. The number of rotatable bonds is 5. The standard InChI is InChI=1S/C51H31N3O/c1-3-12-32(13-4-1)36-17-9-18-37(30-36)38-27-29-43-46(31-38)55-45-23-11-22-44(48(43)45)51-53-49(35-15-5-2-6-16-35)52-50(54-51)42-21-10-20-41-40(42)28-26-34-25-24-33-14-7-8-19-39(33)47(34)41/h1-31H. The van der Waals surface area contributed by atoms with Crippen molar-refractivity contribution in [1.29, 1.82) is 0 Å². The van der Waals surface area contributed by atoms with Gasteiger partial charge in [-0.25, -0.2) is 15.0 Å². The molecular formula is C51H31N3O. The van der Waals surface area contributed by atoms with Crippen LogP contribution in [-0.2, 0) is 0 Å². The Bertz CT molecular complexity index is 3260. The van der Waals surface area contributed by atoms with E-state index in [1.807, 2.05) is 48.5 Å². The SMILES string of the molecule is c1ccc(-c2cccc(-c3ccc4c(c3)oc3cccc(-c5nc(-c6ccccc6)nc(-c6cccc7c6ccc6ccc8ccccc8c67)n5)c34)c2)cc1. The van der Waals surface area contributed by atoms with Crippen LogP contribution >= 0.6 is 0 Å². The summed E-state index contributed by atoms with van der Waals surface area (Å²) in [4.78, 5) is 15.6. The van der Waals surface area contributed by atoms with Gasteiger partial charge in [-0.3, -0.25) is 0 Å². The molecule has 0 N–H and O–H groups in total. The number of fused-ring (bicyclic) bond motifs is 8. The van der Waals surface area contributed by atoms with Gasteiger partial charge in [0.25, 0.3) is 0 Å². The minimum atomic E-state index is 0.597. The summed E-state index contributed by atoms with van der Waals surface area (Å²) in [6.07, 6.45) is 0. The second kappa shape index (κ2) is 12.6. The van der Waals surface area contributed by atoms with Crippen LogP contribution < -0.4 is 0 Å². The van der Waals surface area contributed by atoms with Gasteiger partial charge in [0.15, 0.2) is 17.5 Å². The molecule has 2 heterocycles. The lowest BCUT2D eigenvalue weighted by molar-refractivity contribution is 0.669. The van der Waals surface area contributed by atoms with Gasteiger partial charge in [-0.05, 0) is 78.8 Å². The lowest BCUT2D eigenvalue weighted by Gasteiger charge is -2.13. The first-order valence-electron chi connectivity index (χ1n) is 18.5. The van der Waals surface area contributed by atoms with Crippen molar-refractivity contribution in [1.82, 2.24) is 15.0 Å². The minimum absolute atomic E-state index is 0.597. The second-order valence-electron chi connectivity index (χ2n) is 14.0. The highest BCUT2D eigenvalue weighted by Crippen LogP contribution is 2.40. The lowest BCUT2D eigenvalue weighted by atomic mass is 9.94. The lowest BCUT2D eigenvalue weighted by Crippen LogP contribution is -2.01. The number of nitrogens with zero attached hydrogens (tertiary/aromatic N) is 3. The largest absolute Gasteiger partial charge is 0.456 e. The van der Waals surface area contributed by atoms with Crippen LogP contribution in [0.15, 0.2) is 192 Å². The van der Waals surface area contributed by atoms with E-state index in [2.05, 4.69) is 140 Å². The Hall–Kier alpha value is -7.43. The number of furan rings is 1. The molecule has 0 aliphatic carbocycles. The summed E-state index contributed by atoms with van der Waals surface area (Å²) < 4.78 is 6.58. The molecule has 0 fully saturated rings. The number of aromatic nitrogens is 3. The zero-order valence-corrected chi connectivity index (χ0v) is 29.6. The van der Waals surface area contributed by atoms with E-state index < -0.39 is 0 Å². The maximum absolute atomic E-state index is 6.58. The highest BCUT2D eigenvalue weighted by molar-refractivity contribution is 6.22. The first-order chi connectivity index (χ1) is 27.2. The number of benzene rings is 9. The maximum atomic E-state index is 6.58. The zero-order chi connectivity index (χ0) is 36.3. The highest BCUT2D eigenvalue weighted by Gasteiger charge is 2.20. The third-order valence-corrected chi connectivity index (χ3v) is 10.7. The Balaban J connectivity index is 1.10. The summed E-state index contributed by atoms with van der Waals surface area (Å²) in [5.41, 5.74) is 8.98. The van der Waals surface area contributed by atoms with Crippen molar-refractivity contribution >= 4 is 54.3 Å². The van der Waals surface area contributed by atoms with E-state index in [0.29, 0.717) is 17.5 Å². The van der Waals surface area contributed by atoms with Crippen molar-refractivity contribution in [2.45, 2.75) is 0 Å². The molecule has 0 atom stereocenters. The summed E-state index contributed by atoms with van der Waals surface area (Å²) in [6.45, 7) is 0. The predicted octanol–water partition coefficient (Wildman–Crippen LogP) is 13.6. The Labute approximate surface area is 317 Å². The van der Waals surface area contributed by atoms with Crippen molar-refractivity contribution < 1.29 is 4.42 Å². The molecular weight excluding hydrogens is 671 g/mol. The fourth-order valence-corrected chi connectivity index (χ4v) is 8.09. The van der Waals surface area contributed by atoms with Crippen LogP contribution in [0.25, 0.3) is 111 Å². The van der Waals surface area contributed by atoms with Crippen LogP contribution in [0, 0.1) is 0 Å². The van der Waals surface area contributed by atoms with E-state index in [0.717, 1.165) is 55.1 Å². The van der Waals surface area contributed by atoms with E-state index in [1.165, 1.54) is 38.1 Å². The molecule has 0 saturated heterocycles. The van der Waals surface area contributed by atoms with Crippen molar-refractivity contribution in [3.8, 4) is 56.4 Å². The molecule has 11 aromatic rings. The van der Waals surface area contributed by atoms with Gasteiger partial charge in [0, 0.05) is 27.5 Å². The molecule has 256 valence electrons. The second-order valence-corrected chi connectivity index (χ2v) is 14.0. The molecule has 11 rings (SSSR count). The van der Waals surface area contributed by atoms with Gasteiger partial charge in [-0.2, -0.15) is 0 Å². The van der Waals surface area contributed by atoms with Crippen molar-refractivity contribution in [2.24, 2.45) is 0 Å². The monoisotopic (exact) mass is 701 g/mol. The third kappa shape index (κ3) is 5.26. The van der Waals surface area contributed by atoms with Crippen LogP contribution in [0.4, 0.5) is 0 Å². The third-order valence-electron chi connectivity index (χ3n) is 10.7. The molecule has 0 aliphatic heterocycles. The molecule has 4 heteroatoms. The Morgan fingerprint density at radius 2 is 0.873 bits per heavy atom. The smallest absolute Gasteiger partial charge is 0.164 e. The average molecular weight is 702 g/mol. The fraction of sp³-hybridized carbons (Fsp3) is 0. The summed E-state index contributed by atoms with van der Waals surface area (Å²) >= 11 is 0. The van der Waals surface area contributed by atoms with E-state index >= 15 is 0 Å². The molecule has 0 amide bonds. The number of hydrogen-bond donors (Lipinski definition) is 0. The van der Waals surface area contributed by atoms with Crippen molar-refractivity contribution in [3.05, 3.63) is 188 Å². The fourth-order valence-electron chi connectivity index (χ4n) is 8.09. The molecule has 0 radical (unpaired) electrons. The van der Waals surface area contributed by atoms with Gasteiger partial charge in [0.1, 0.15) is 11.2 Å². The number of hydrogen-bond acceptors (Lipinski definition) is 4. The van der Waals surface area contributed by atoms with Gasteiger partial charge >= 0.3 is 0 Å². The molecule has 2 aromatic heterocycles. The van der Waals surface area contributed by atoms with Crippen LogP contribution in [0.1, 0.15) is 0 Å². The molecule has 0 bridgehead atoms.